The molecule has 3 heteroatoms. The van der Waals surface area contributed by atoms with Crippen LogP contribution in [0.2, 0.25) is 0 Å². The number of carbonyl (C=O) groups is 1. The van der Waals surface area contributed by atoms with Crippen LogP contribution in [-0.2, 0) is 6.54 Å². The summed E-state index contributed by atoms with van der Waals surface area (Å²) in [6, 6.07) is 0. The van der Waals surface area contributed by atoms with Crippen molar-refractivity contribution in [1.29, 1.82) is 0 Å². The van der Waals surface area contributed by atoms with E-state index in [1.54, 1.807) is 17.8 Å². The second-order valence-electron chi connectivity index (χ2n) is 2.02. The van der Waals surface area contributed by atoms with Crippen molar-refractivity contribution >= 4 is 6.29 Å². The van der Waals surface area contributed by atoms with Gasteiger partial charge in [0.1, 0.15) is 6.54 Å². The minimum atomic E-state index is 0.546. The van der Waals surface area contributed by atoms with Gasteiger partial charge in [0, 0.05) is 6.20 Å². The molecule has 0 fully saturated rings. The van der Waals surface area contributed by atoms with Crippen molar-refractivity contribution in [2.24, 2.45) is 0 Å². The van der Waals surface area contributed by atoms with E-state index in [0.717, 1.165) is 6.29 Å². The molecule has 1 aromatic heterocycles. The Morgan fingerprint density at radius 1 is 1.82 bits per heavy atom. The van der Waals surface area contributed by atoms with Crippen molar-refractivity contribution in [3.63, 3.8) is 0 Å². The zero-order valence-electron chi connectivity index (χ0n) is 6.24. The van der Waals surface area contributed by atoms with Crippen LogP contribution >= 0.6 is 0 Å². The Morgan fingerprint density at radius 3 is 3.18 bits per heavy atom. The molecule has 0 radical (unpaired) electrons. The number of carbonyl (C=O) groups excluding carboxylic acids is 1. The Morgan fingerprint density at radius 2 is 2.64 bits per heavy atom. The summed E-state index contributed by atoms with van der Waals surface area (Å²) in [5, 5.41) is 3.91. The molecule has 0 atom stereocenters. The molecular formula is C8H8N2O. The summed E-state index contributed by atoms with van der Waals surface area (Å²) < 4.78 is 1.63. The van der Waals surface area contributed by atoms with Crippen molar-refractivity contribution in [3.8, 4) is 11.8 Å². The Kier molecular flexibility index (Phi) is 2.45. The van der Waals surface area contributed by atoms with Crippen LogP contribution in [-0.4, -0.2) is 16.1 Å². The van der Waals surface area contributed by atoms with Gasteiger partial charge < -0.3 is 0 Å². The Bertz CT molecular complexity index is 303. The third-order valence-electron chi connectivity index (χ3n) is 1.21. The van der Waals surface area contributed by atoms with Crippen molar-refractivity contribution in [3.05, 3.63) is 18.0 Å². The maximum Gasteiger partial charge on any atom is 0.153 e. The average Bonchev–Trinajstić information content (AvgIpc) is 2.48. The van der Waals surface area contributed by atoms with Gasteiger partial charge in [0.25, 0.3) is 0 Å². The molecule has 0 aliphatic carbocycles. The van der Waals surface area contributed by atoms with Gasteiger partial charge >= 0.3 is 0 Å². The SMILES string of the molecule is CC#CCn1cc(C=O)cn1. The lowest BCUT2D eigenvalue weighted by Crippen LogP contribution is -1.94. The van der Waals surface area contributed by atoms with Crippen LogP contribution < -0.4 is 0 Å². The third-order valence-corrected chi connectivity index (χ3v) is 1.21. The van der Waals surface area contributed by atoms with Gasteiger partial charge in [-0.1, -0.05) is 5.92 Å². The lowest BCUT2D eigenvalue weighted by molar-refractivity contribution is 0.112. The Balaban J connectivity index is 2.70. The first-order chi connectivity index (χ1) is 5.36. The molecule has 0 saturated carbocycles. The van der Waals surface area contributed by atoms with Crippen molar-refractivity contribution in [1.82, 2.24) is 9.78 Å². The van der Waals surface area contributed by atoms with Crippen molar-refractivity contribution in [2.75, 3.05) is 0 Å². The van der Waals surface area contributed by atoms with E-state index in [9.17, 15) is 4.79 Å². The zero-order valence-corrected chi connectivity index (χ0v) is 6.24. The largest absolute Gasteiger partial charge is 0.298 e. The summed E-state index contributed by atoms with van der Waals surface area (Å²) in [4.78, 5) is 10.2. The maximum atomic E-state index is 10.2. The molecule has 0 spiro atoms. The predicted molar refractivity (Wildman–Crippen MR) is 41.1 cm³/mol. The smallest absolute Gasteiger partial charge is 0.153 e. The van der Waals surface area contributed by atoms with E-state index in [2.05, 4.69) is 16.9 Å². The second kappa shape index (κ2) is 3.57. The van der Waals surface area contributed by atoms with Gasteiger partial charge in [0.15, 0.2) is 6.29 Å². The van der Waals surface area contributed by atoms with Crippen LogP contribution in [0.5, 0.6) is 0 Å². The van der Waals surface area contributed by atoms with Crippen LogP contribution in [0.25, 0.3) is 0 Å². The molecule has 0 aliphatic heterocycles. The fourth-order valence-corrected chi connectivity index (χ4v) is 0.687. The quantitative estimate of drug-likeness (QED) is 0.457. The summed E-state index contributed by atoms with van der Waals surface area (Å²) in [5.41, 5.74) is 0.586. The van der Waals surface area contributed by atoms with Crippen LogP contribution in [0.3, 0.4) is 0 Å². The average molecular weight is 148 g/mol. The van der Waals surface area contributed by atoms with Gasteiger partial charge in [-0.2, -0.15) is 5.10 Å². The maximum absolute atomic E-state index is 10.2. The molecule has 1 heterocycles. The molecule has 11 heavy (non-hydrogen) atoms. The van der Waals surface area contributed by atoms with Gasteiger partial charge in [0.2, 0.25) is 0 Å². The summed E-state index contributed by atoms with van der Waals surface area (Å²) in [6.07, 6.45) is 3.95. The molecule has 56 valence electrons. The highest BCUT2D eigenvalue weighted by molar-refractivity contribution is 5.73. The highest BCUT2D eigenvalue weighted by atomic mass is 16.1. The van der Waals surface area contributed by atoms with E-state index in [4.69, 9.17) is 0 Å². The van der Waals surface area contributed by atoms with Gasteiger partial charge in [-0.25, -0.2) is 0 Å². The van der Waals surface area contributed by atoms with Gasteiger partial charge in [-0.05, 0) is 6.92 Å². The molecule has 0 saturated heterocycles. The molecule has 0 unspecified atom stereocenters. The van der Waals surface area contributed by atoms with E-state index < -0.39 is 0 Å². The summed E-state index contributed by atoms with van der Waals surface area (Å²) in [6.45, 7) is 2.31. The summed E-state index contributed by atoms with van der Waals surface area (Å²) in [7, 11) is 0. The number of nitrogens with zero attached hydrogens (tertiary/aromatic N) is 2. The van der Waals surface area contributed by atoms with E-state index in [1.807, 2.05) is 0 Å². The topological polar surface area (TPSA) is 34.9 Å². The minimum absolute atomic E-state index is 0.546. The monoisotopic (exact) mass is 148 g/mol. The van der Waals surface area contributed by atoms with Crippen LogP contribution in [0.15, 0.2) is 12.4 Å². The second-order valence-corrected chi connectivity index (χ2v) is 2.02. The molecule has 3 nitrogen and oxygen atoms in total. The first-order valence-corrected chi connectivity index (χ1v) is 3.24. The Hall–Kier alpha value is -1.56. The molecule has 0 amide bonds. The van der Waals surface area contributed by atoms with Gasteiger partial charge in [-0.3, -0.25) is 9.48 Å². The number of aldehydes is 1. The highest BCUT2D eigenvalue weighted by Gasteiger charge is 1.92. The zero-order chi connectivity index (χ0) is 8.10. The molecule has 0 aromatic carbocycles. The van der Waals surface area contributed by atoms with E-state index in [-0.39, 0.29) is 0 Å². The summed E-state index contributed by atoms with van der Waals surface area (Å²) in [5.74, 6) is 5.58. The number of rotatable bonds is 2. The number of hydrogen-bond acceptors (Lipinski definition) is 2. The van der Waals surface area contributed by atoms with E-state index in [1.165, 1.54) is 6.20 Å². The predicted octanol–water partition coefficient (Wildman–Crippen LogP) is 0.719. The third kappa shape index (κ3) is 1.94. The number of aromatic nitrogens is 2. The fraction of sp³-hybridized carbons (Fsp3) is 0.250. The standard InChI is InChI=1S/C8H8N2O/c1-2-3-4-10-6-8(7-11)5-9-10/h5-7H,4H2,1H3. The van der Waals surface area contributed by atoms with Gasteiger partial charge in [0.05, 0.1) is 11.8 Å². The first kappa shape index (κ1) is 7.55. The minimum Gasteiger partial charge on any atom is -0.298 e. The fourth-order valence-electron chi connectivity index (χ4n) is 0.687. The van der Waals surface area contributed by atoms with Crippen LogP contribution in [0.4, 0.5) is 0 Å². The Labute approximate surface area is 65.0 Å². The highest BCUT2D eigenvalue weighted by Crippen LogP contribution is 1.91. The van der Waals surface area contributed by atoms with Crippen molar-refractivity contribution < 1.29 is 4.79 Å². The lowest BCUT2D eigenvalue weighted by Gasteiger charge is -1.88. The molecular weight excluding hydrogens is 140 g/mol. The molecule has 0 N–H and O–H groups in total. The molecule has 0 aliphatic rings. The summed E-state index contributed by atoms with van der Waals surface area (Å²) >= 11 is 0. The number of hydrogen-bond donors (Lipinski definition) is 0. The lowest BCUT2D eigenvalue weighted by atomic mass is 10.4. The van der Waals surface area contributed by atoms with Crippen LogP contribution in [0.1, 0.15) is 17.3 Å². The van der Waals surface area contributed by atoms with E-state index in [0.29, 0.717) is 12.1 Å². The van der Waals surface area contributed by atoms with Crippen LogP contribution in [0, 0.1) is 11.8 Å². The molecule has 1 aromatic rings. The normalized spacial score (nSPS) is 8.45. The van der Waals surface area contributed by atoms with Gasteiger partial charge in [-0.15, -0.1) is 5.92 Å². The molecule has 0 bridgehead atoms. The first-order valence-electron chi connectivity index (χ1n) is 3.24. The van der Waals surface area contributed by atoms with Crippen molar-refractivity contribution in [2.45, 2.75) is 13.5 Å². The van der Waals surface area contributed by atoms with E-state index >= 15 is 0 Å². The molecule has 1 rings (SSSR count).